The molecule has 0 aliphatic carbocycles. The van der Waals surface area contributed by atoms with Crippen molar-refractivity contribution in [1.82, 2.24) is 14.9 Å². The van der Waals surface area contributed by atoms with E-state index in [-0.39, 0.29) is 6.04 Å². The number of ketones is 1. The summed E-state index contributed by atoms with van der Waals surface area (Å²) in [5, 5.41) is 2.34. The maximum Gasteiger partial charge on any atom is 0.154 e. The number of Topliss-reactive ketones (excluding diaryl/α,β-unsaturated/α-hetero) is 1. The van der Waals surface area contributed by atoms with E-state index in [1.807, 2.05) is 12.3 Å². The van der Waals surface area contributed by atoms with Crippen LogP contribution in [-0.4, -0.2) is 33.7 Å². The summed E-state index contributed by atoms with van der Waals surface area (Å²) in [6.45, 7) is 2.02. The van der Waals surface area contributed by atoms with Crippen LogP contribution in [0.1, 0.15) is 30.1 Å². The third-order valence-electron chi connectivity index (χ3n) is 5.14. The Hall–Kier alpha value is -2.20. The molecule has 3 aromatic rings. The van der Waals surface area contributed by atoms with Crippen molar-refractivity contribution in [3.8, 4) is 0 Å². The number of benzene rings is 1. The fourth-order valence-electron chi connectivity index (χ4n) is 4.17. The molecule has 1 N–H and O–H groups in total. The molecule has 0 amide bonds. The molecule has 1 unspecified atom stereocenters. The van der Waals surface area contributed by atoms with Gasteiger partial charge in [-0.1, -0.05) is 6.07 Å². The number of pyridine rings is 1. The van der Waals surface area contributed by atoms with Gasteiger partial charge in [0.1, 0.15) is 0 Å². The smallest absolute Gasteiger partial charge is 0.154 e. The number of hydrogen-bond acceptors (Lipinski definition) is 3. The first-order valence-corrected chi connectivity index (χ1v) is 7.98. The Morgan fingerprint density at radius 3 is 3.05 bits per heavy atom. The van der Waals surface area contributed by atoms with E-state index in [9.17, 15) is 4.79 Å². The quantitative estimate of drug-likeness (QED) is 0.692. The van der Waals surface area contributed by atoms with Crippen molar-refractivity contribution >= 4 is 27.6 Å². The Morgan fingerprint density at radius 1 is 1.14 bits per heavy atom. The fraction of sp³-hybridized carbons (Fsp3) is 0.333. The fourth-order valence-corrected chi connectivity index (χ4v) is 4.17. The minimum atomic E-state index is -0.0413. The molecular formula is C18H17N3O. The lowest BCUT2D eigenvalue weighted by molar-refractivity contribution is -0.127. The van der Waals surface area contributed by atoms with Gasteiger partial charge < -0.3 is 4.98 Å². The van der Waals surface area contributed by atoms with E-state index in [1.165, 1.54) is 16.6 Å². The summed E-state index contributed by atoms with van der Waals surface area (Å²) in [5.74, 6) is 0.374. The molecule has 4 heteroatoms. The second-order valence-corrected chi connectivity index (χ2v) is 6.33. The number of piperidine rings is 1. The van der Waals surface area contributed by atoms with E-state index in [2.05, 4.69) is 33.1 Å². The molecule has 2 aromatic heterocycles. The number of aromatic nitrogens is 2. The van der Waals surface area contributed by atoms with Gasteiger partial charge in [0.05, 0.1) is 17.1 Å². The van der Waals surface area contributed by atoms with Crippen LogP contribution in [0.4, 0.5) is 0 Å². The Bertz CT molecular complexity index is 911. The standard InChI is InChI=1S/C18H17N3O/c22-15-4-2-9-21-10-7-14-16(18(15)21)12-5-6-13-11(17(12)20-14)3-1-8-19-13/h1,3,5-6,8,18,20H,2,4,7,9-10H2. The summed E-state index contributed by atoms with van der Waals surface area (Å²) >= 11 is 0. The third-order valence-corrected chi connectivity index (χ3v) is 5.14. The second kappa shape index (κ2) is 4.40. The molecule has 1 atom stereocenters. The number of fused-ring (bicyclic) bond motifs is 7. The highest BCUT2D eigenvalue weighted by Gasteiger charge is 2.37. The SMILES string of the molecule is O=C1CCCN2CCc3[nH]c4c(ccc5ncccc54)c3C12. The normalized spacial score (nSPS) is 22.0. The van der Waals surface area contributed by atoms with Crippen molar-refractivity contribution in [1.29, 1.82) is 0 Å². The monoisotopic (exact) mass is 291 g/mol. The molecule has 0 radical (unpaired) electrons. The van der Waals surface area contributed by atoms with Crippen LogP contribution in [0.5, 0.6) is 0 Å². The summed E-state index contributed by atoms with van der Waals surface area (Å²) in [4.78, 5) is 22.9. The second-order valence-electron chi connectivity index (χ2n) is 6.33. The molecule has 1 aromatic carbocycles. The predicted octanol–water partition coefficient (Wildman–Crippen LogP) is 2.98. The lowest BCUT2D eigenvalue weighted by atomic mass is 9.88. The maximum absolute atomic E-state index is 12.5. The molecule has 4 nitrogen and oxygen atoms in total. The van der Waals surface area contributed by atoms with Crippen molar-refractivity contribution in [2.75, 3.05) is 13.1 Å². The maximum atomic E-state index is 12.5. The van der Waals surface area contributed by atoms with Gasteiger partial charge in [-0.2, -0.15) is 0 Å². The molecule has 4 heterocycles. The number of hydrogen-bond donors (Lipinski definition) is 1. The Labute approximate surface area is 128 Å². The predicted molar refractivity (Wildman–Crippen MR) is 85.9 cm³/mol. The molecule has 1 saturated heterocycles. The van der Waals surface area contributed by atoms with E-state index in [4.69, 9.17) is 0 Å². The Balaban J connectivity index is 1.83. The van der Waals surface area contributed by atoms with Crippen molar-refractivity contribution < 1.29 is 4.79 Å². The van der Waals surface area contributed by atoms with Crippen LogP contribution in [0.15, 0.2) is 30.5 Å². The summed E-state index contributed by atoms with van der Waals surface area (Å²) in [6, 6.07) is 8.23. The largest absolute Gasteiger partial charge is 0.357 e. The minimum absolute atomic E-state index is 0.0413. The highest BCUT2D eigenvalue weighted by molar-refractivity contribution is 6.07. The molecule has 0 bridgehead atoms. The van der Waals surface area contributed by atoms with Gasteiger partial charge in [0.25, 0.3) is 0 Å². The van der Waals surface area contributed by atoms with Gasteiger partial charge in [0.2, 0.25) is 0 Å². The van der Waals surface area contributed by atoms with Crippen LogP contribution in [0.2, 0.25) is 0 Å². The van der Waals surface area contributed by atoms with E-state index in [0.29, 0.717) is 12.2 Å². The van der Waals surface area contributed by atoms with Crippen molar-refractivity contribution in [2.24, 2.45) is 0 Å². The van der Waals surface area contributed by atoms with Crippen LogP contribution in [0.25, 0.3) is 21.8 Å². The number of rotatable bonds is 0. The molecule has 110 valence electrons. The van der Waals surface area contributed by atoms with Crippen LogP contribution < -0.4 is 0 Å². The number of carbonyl (C=O) groups excluding carboxylic acids is 1. The topological polar surface area (TPSA) is 49.0 Å². The van der Waals surface area contributed by atoms with Gasteiger partial charge >= 0.3 is 0 Å². The van der Waals surface area contributed by atoms with Gasteiger partial charge in [-0.15, -0.1) is 0 Å². The van der Waals surface area contributed by atoms with Crippen LogP contribution >= 0.6 is 0 Å². The number of nitrogens with zero attached hydrogens (tertiary/aromatic N) is 2. The molecular weight excluding hydrogens is 274 g/mol. The lowest BCUT2D eigenvalue weighted by Crippen LogP contribution is -2.43. The zero-order valence-corrected chi connectivity index (χ0v) is 12.3. The van der Waals surface area contributed by atoms with Crippen molar-refractivity contribution in [3.05, 3.63) is 41.7 Å². The first kappa shape index (κ1) is 12.4. The van der Waals surface area contributed by atoms with Gasteiger partial charge in [0.15, 0.2) is 5.78 Å². The number of H-pyrrole nitrogens is 1. The summed E-state index contributed by atoms with van der Waals surface area (Å²) in [6.07, 6.45) is 4.53. The molecule has 1 fully saturated rings. The Kier molecular flexibility index (Phi) is 2.47. The van der Waals surface area contributed by atoms with E-state index in [0.717, 1.165) is 42.4 Å². The van der Waals surface area contributed by atoms with Gasteiger partial charge in [-0.3, -0.25) is 14.7 Å². The highest BCUT2D eigenvalue weighted by atomic mass is 16.1. The summed E-state index contributed by atoms with van der Waals surface area (Å²) in [5.41, 5.74) is 4.59. The van der Waals surface area contributed by atoms with Crippen LogP contribution in [-0.2, 0) is 11.2 Å². The zero-order chi connectivity index (χ0) is 14.7. The molecule has 2 aliphatic heterocycles. The minimum Gasteiger partial charge on any atom is -0.357 e. The molecule has 5 rings (SSSR count). The molecule has 2 aliphatic rings. The zero-order valence-electron chi connectivity index (χ0n) is 12.3. The number of aromatic amines is 1. The van der Waals surface area contributed by atoms with Gasteiger partial charge in [-0.05, 0) is 31.2 Å². The first-order chi connectivity index (χ1) is 10.8. The average Bonchev–Trinajstić information content (AvgIpc) is 2.94. The number of carbonyl (C=O) groups is 1. The number of nitrogens with one attached hydrogen (secondary N) is 1. The van der Waals surface area contributed by atoms with E-state index < -0.39 is 0 Å². The summed E-state index contributed by atoms with van der Waals surface area (Å²) in [7, 11) is 0. The third kappa shape index (κ3) is 1.56. The van der Waals surface area contributed by atoms with Crippen molar-refractivity contribution in [3.63, 3.8) is 0 Å². The Morgan fingerprint density at radius 2 is 2.09 bits per heavy atom. The molecule has 22 heavy (non-hydrogen) atoms. The van der Waals surface area contributed by atoms with Gasteiger partial charge in [-0.25, -0.2) is 0 Å². The van der Waals surface area contributed by atoms with Crippen molar-refractivity contribution in [2.45, 2.75) is 25.3 Å². The summed E-state index contributed by atoms with van der Waals surface area (Å²) < 4.78 is 0. The van der Waals surface area contributed by atoms with Crippen LogP contribution in [0.3, 0.4) is 0 Å². The molecule has 0 saturated carbocycles. The first-order valence-electron chi connectivity index (χ1n) is 7.98. The van der Waals surface area contributed by atoms with E-state index >= 15 is 0 Å². The highest BCUT2D eigenvalue weighted by Crippen LogP contribution is 2.40. The van der Waals surface area contributed by atoms with Gasteiger partial charge in [0, 0.05) is 47.6 Å². The lowest BCUT2D eigenvalue weighted by Gasteiger charge is -2.38. The van der Waals surface area contributed by atoms with Crippen LogP contribution in [0, 0.1) is 0 Å². The van der Waals surface area contributed by atoms with E-state index in [1.54, 1.807) is 0 Å². The molecule has 0 spiro atoms. The average molecular weight is 291 g/mol.